The summed E-state index contributed by atoms with van der Waals surface area (Å²) in [7, 11) is 0. The second-order valence-electron chi connectivity index (χ2n) is 6.16. The fourth-order valence-corrected chi connectivity index (χ4v) is 3.01. The van der Waals surface area contributed by atoms with Crippen LogP contribution in [0.25, 0.3) is 0 Å². The van der Waals surface area contributed by atoms with E-state index >= 15 is 0 Å². The van der Waals surface area contributed by atoms with Gasteiger partial charge in [0.2, 0.25) is 0 Å². The van der Waals surface area contributed by atoms with Crippen molar-refractivity contribution in [3.05, 3.63) is 0 Å². The molecule has 14 heavy (non-hydrogen) atoms. The van der Waals surface area contributed by atoms with Crippen LogP contribution >= 0.6 is 0 Å². The molecule has 1 nitrogen and oxygen atoms in total. The molecule has 0 saturated heterocycles. The molecule has 2 fully saturated rings. The van der Waals surface area contributed by atoms with Crippen LogP contribution in [-0.2, 0) is 0 Å². The molecule has 0 heterocycles. The monoisotopic (exact) mass is 196 g/mol. The molecule has 82 valence electrons. The SMILES string of the molecule is CC1CCC(C(C)(O)C2(C)CC2)CC1. The first kappa shape index (κ1) is 10.5. The van der Waals surface area contributed by atoms with Crippen molar-refractivity contribution < 1.29 is 5.11 Å². The number of aliphatic hydroxyl groups is 1. The molecule has 0 aromatic carbocycles. The molecule has 2 rings (SSSR count). The summed E-state index contributed by atoms with van der Waals surface area (Å²) in [6, 6.07) is 0. The zero-order chi connectivity index (χ0) is 10.4. The molecule has 1 heteroatoms. The van der Waals surface area contributed by atoms with Crippen molar-refractivity contribution in [3.8, 4) is 0 Å². The van der Waals surface area contributed by atoms with Crippen molar-refractivity contribution in [1.82, 2.24) is 0 Å². The Balaban J connectivity index is 2.00. The lowest BCUT2D eigenvalue weighted by molar-refractivity contribution is -0.0753. The molecule has 2 aliphatic carbocycles. The summed E-state index contributed by atoms with van der Waals surface area (Å²) in [5.41, 5.74) is -0.147. The summed E-state index contributed by atoms with van der Waals surface area (Å²) in [4.78, 5) is 0. The zero-order valence-electron chi connectivity index (χ0n) is 9.84. The van der Waals surface area contributed by atoms with E-state index in [-0.39, 0.29) is 5.41 Å². The van der Waals surface area contributed by atoms with Crippen LogP contribution in [0.2, 0.25) is 0 Å². The fourth-order valence-electron chi connectivity index (χ4n) is 3.01. The van der Waals surface area contributed by atoms with Gasteiger partial charge in [-0.1, -0.05) is 26.7 Å². The van der Waals surface area contributed by atoms with Gasteiger partial charge >= 0.3 is 0 Å². The van der Waals surface area contributed by atoms with Crippen molar-refractivity contribution >= 4 is 0 Å². The van der Waals surface area contributed by atoms with Crippen LogP contribution in [0.5, 0.6) is 0 Å². The van der Waals surface area contributed by atoms with Gasteiger partial charge in [-0.2, -0.15) is 0 Å². The number of rotatable bonds is 2. The van der Waals surface area contributed by atoms with Gasteiger partial charge in [0.15, 0.2) is 0 Å². The first-order chi connectivity index (χ1) is 6.46. The quantitative estimate of drug-likeness (QED) is 0.718. The van der Waals surface area contributed by atoms with E-state index in [0.717, 1.165) is 5.92 Å². The lowest BCUT2D eigenvalue weighted by Gasteiger charge is -2.41. The minimum atomic E-state index is -0.396. The Morgan fingerprint density at radius 2 is 1.64 bits per heavy atom. The molecule has 2 aliphatic rings. The summed E-state index contributed by atoms with van der Waals surface area (Å²) in [5.74, 6) is 1.44. The molecular weight excluding hydrogens is 172 g/mol. The smallest absolute Gasteiger partial charge is 0.0701 e. The van der Waals surface area contributed by atoms with E-state index in [9.17, 15) is 5.11 Å². The topological polar surface area (TPSA) is 20.2 Å². The molecule has 0 spiro atoms. The van der Waals surface area contributed by atoms with Crippen LogP contribution in [0.4, 0.5) is 0 Å². The molecule has 0 aromatic rings. The van der Waals surface area contributed by atoms with Crippen LogP contribution in [0.1, 0.15) is 59.3 Å². The van der Waals surface area contributed by atoms with Gasteiger partial charge in [0, 0.05) is 0 Å². The molecule has 0 aliphatic heterocycles. The lowest BCUT2D eigenvalue weighted by Crippen LogP contribution is -2.43. The van der Waals surface area contributed by atoms with Crippen molar-refractivity contribution in [2.45, 2.75) is 64.9 Å². The van der Waals surface area contributed by atoms with Gasteiger partial charge < -0.3 is 5.11 Å². The van der Waals surface area contributed by atoms with Crippen molar-refractivity contribution in [1.29, 1.82) is 0 Å². The molecular formula is C13H24O. The van der Waals surface area contributed by atoms with Crippen molar-refractivity contribution in [3.63, 3.8) is 0 Å². The van der Waals surface area contributed by atoms with E-state index in [0.29, 0.717) is 5.92 Å². The van der Waals surface area contributed by atoms with Crippen molar-refractivity contribution in [2.75, 3.05) is 0 Å². The van der Waals surface area contributed by atoms with Gasteiger partial charge in [0.05, 0.1) is 5.60 Å². The Bertz CT molecular complexity index is 207. The highest BCUT2D eigenvalue weighted by Crippen LogP contribution is 2.58. The van der Waals surface area contributed by atoms with Gasteiger partial charge in [0.25, 0.3) is 0 Å². The molecule has 0 bridgehead atoms. The van der Waals surface area contributed by atoms with Gasteiger partial charge in [-0.25, -0.2) is 0 Å². The van der Waals surface area contributed by atoms with Crippen molar-refractivity contribution in [2.24, 2.45) is 17.3 Å². The molecule has 0 aromatic heterocycles. The predicted molar refractivity (Wildman–Crippen MR) is 59.1 cm³/mol. The second-order valence-corrected chi connectivity index (χ2v) is 6.16. The summed E-state index contributed by atoms with van der Waals surface area (Å²) in [6.07, 6.45) is 7.57. The Morgan fingerprint density at radius 3 is 2.07 bits per heavy atom. The molecule has 0 amide bonds. The Labute approximate surface area is 87.9 Å². The molecule has 2 saturated carbocycles. The highest BCUT2D eigenvalue weighted by Gasteiger charge is 2.55. The Kier molecular flexibility index (Phi) is 2.42. The minimum absolute atomic E-state index is 0.248. The van der Waals surface area contributed by atoms with Gasteiger partial charge in [-0.15, -0.1) is 0 Å². The summed E-state index contributed by atoms with van der Waals surface area (Å²) in [6.45, 7) is 6.68. The molecule has 1 unspecified atom stereocenters. The standard InChI is InChI=1S/C13H24O/c1-10-4-6-11(7-5-10)13(3,14)12(2)8-9-12/h10-11,14H,4-9H2,1-3H3. The highest BCUT2D eigenvalue weighted by atomic mass is 16.3. The van der Waals surface area contributed by atoms with Crippen LogP contribution < -0.4 is 0 Å². The summed E-state index contributed by atoms with van der Waals surface area (Å²) < 4.78 is 0. The first-order valence-electron chi connectivity index (χ1n) is 6.18. The second kappa shape index (κ2) is 3.23. The van der Waals surface area contributed by atoms with E-state index in [2.05, 4.69) is 20.8 Å². The number of hydrogen-bond donors (Lipinski definition) is 1. The van der Waals surface area contributed by atoms with Gasteiger partial charge in [-0.3, -0.25) is 0 Å². The van der Waals surface area contributed by atoms with Crippen LogP contribution in [-0.4, -0.2) is 10.7 Å². The van der Waals surface area contributed by atoms with E-state index < -0.39 is 5.60 Å². The Hall–Kier alpha value is -0.0400. The lowest BCUT2D eigenvalue weighted by atomic mass is 9.68. The van der Waals surface area contributed by atoms with E-state index in [1.807, 2.05) is 0 Å². The fraction of sp³-hybridized carbons (Fsp3) is 1.00. The summed E-state index contributed by atoms with van der Waals surface area (Å²) >= 11 is 0. The van der Waals surface area contributed by atoms with Crippen LogP contribution in [0.15, 0.2) is 0 Å². The molecule has 1 N–H and O–H groups in total. The largest absolute Gasteiger partial charge is 0.389 e. The highest BCUT2D eigenvalue weighted by molar-refractivity contribution is 5.06. The van der Waals surface area contributed by atoms with Crippen LogP contribution in [0.3, 0.4) is 0 Å². The first-order valence-corrected chi connectivity index (χ1v) is 6.18. The normalized spacial score (nSPS) is 40.3. The van der Waals surface area contributed by atoms with Crippen LogP contribution in [0, 0.1) is 17.3 Å². The maximum atomic E-state index is 10.6. The Morgan fingerprint density at radius 1 is 1.14 bits per heavy atom. The average molecular weight is 196 g/mol. The third-order valence-corrected chi connectivity index (χ3v) is 5.03. The average Bonchev–Trinajstić information content (AvgIpc) is 2.86. The zero-order valence-corrected chi connectivity index (χ0v) is 9.84. The van der Waals surface area contributed by atoms with Gasteiger partial charge in [-0.05, 0) is 49.9 Å². The summed E-state index contributed by atoms with van der Waals surface area (Å²) in [5, 5.41) is 10.6. The third kappa shape index (κ3) is 1.60. The minimum Gasteiger partial charge on any atom is -0.389 e. The maximum Gasteiger partial charge on any atom is 0.0701 e. The van der Waals surface area contributed by atoms with E-state index in [1.54, 1.807) is 0 Å². The van der Waals surface area contributed by atoms with E-state index in [1.165, 1.54) is 38.5 Å². The molecule has 0 radical (unpaired) electrons. The van der Waals surface area contributed by atoms with Gasteiger partial charge in [0.1, 0.15) is 0 Å². The predicted octanol–water partition coefficient (Wildman–Crippen LogP) is 3.36. The molecule has 1 atom stereocenters. The third-order valence-electron chi connectivity index (χ3n) is 5.03. The van der Waals surface area contributed by atoms with E-state index in [4.69, 9.17) is 0 Å². The maximum absolute atomic E-state index is 10.6. The number of hydrogen-bond acceptors (Lipinski definition) is 1.